The smallest absolute Gasteiger partial charge is 0.228 e. The summed E-state index contributed by atoms with van der Waals surface area (Å²) in [4.78, 5) is 26.4. The summed E-state index contributed by atoms with van der Waals surface area (Å²) >= 11 is 0. The third-order valence-corrected chi connectivity index (χ3v) is 4.50. The van der Waals surface area contributed by atoms with E-state index >= 15 is 0 Å². The highest BCUT2D eigenvalue weighted by molar-refractivity contribution is 6.01. The van der Waals surface area contributed by atoms with Crippen LogP contribution in [0.2, 0.25) is 0 Å². The summed E-state index contributed by atoms with van der Waals surface area (Å²) in [6.45, 7) is 1.56. The molecule has 0 unspecified atom stereocenters. The van der Waals surface area contributed by atoms with Crippen LogP contribution in [-0.2, 0) is 16.0 Å². The van der Waals surface area contributed by atoms with Gasteiger partial charge in [-0.25, -0.2) is 0 Å². The molecule has 1 N–H and O–H groups in total. The molecule has 27 heavy (non-hydrogen) atoms. The van der Waals surface area contributed by atoms with E-state index in [2.05, 4.69) is 5.32 Å². The third kappa shape index (κ3) is 4.39. The van der Waals surface area contributed by atoms with E-state index in [0.717, 1.165) is 24.1 Å². The number of benzene rings is 2. The molecule has 0 aliphatic heterocycles. The van der Waals surface area contributed by atoms with E-state index in [9.17, 15) is 9.59 Å². The average molecular weight is 368 g/mol. The molecule has 6 nitrogen and oxygen atoms in total. The van der Waals surface area contributed by atoms with E-state index in [1.54, 1.807) is 38.2 Å². The first-order chi connectivity index (χ1) is 13.0. The predicted molar refractivity (Wildman–Crippen MR) is 105 cm³/mol. The number of carbonyl (C=O) groups is 2. The number of para-hydroxylation sites is 2. The van der Waals surface area contributed by atoms with Crippen LogP contribution in [0.3, 0.4) is 0 Å². The second-order valence-electron chi connectivity index (χ2n) is 6.55. The van der Waals surface area contributed by atoms with Crippen LogP contribution in [0, 0.1) is 0 Å². The van der Waals surface area contributed by atoms with Gasteiger partial charge < -0.3 is 19.7 Å². The summed E-state index contributed by atoms with van der Waals surface area (Å²) in [5.41, 5.74) is 2.20. The standard InChI is InChI=1S/C21H24N2O4/c1-14(24)23(16-9-10-16)18-7-5-4-6-17(18)22-21(25)13-15-8-11-19(26-2)20(12-15)27-3/h4-8,11-12,16H,9-10,13H2,1-3H3,(H,22,25). The minimum Gasteiger partial charge on any atom is -0.493 e. The van der Waals surface area contributed by atoms with E-state index in [-0.39, 0.29) is 24.3 Å². The summed E-state index contributed by atoms with van der Waals surface area (Å²) in [5.74, 6) is 1.03. The normalized spacial score (nSPS) is 13.0. The molecular weight excluding hydrogens is 344 g/mol. The van der Waals surface area contributed by atoms with E-state index in [1.807, 2.05) is 30.3 Å². The van der Waals surface area contributed by atoms with Crippen molar-refractivity contribution in [3.05, 3.63) is 48.0 Å². The van der Waals surface area contributed by atoms with Gasteiger partial charge in [-0.2, -0.15) is 0 Å². The molecule has 0 spiro atoms. The van der Waals surface area contributed by atoms with E-state index in [4.69, 9.17) is 9.47 Å². The van der Waals surface area contributed by atoms with Crippen LogP contribution in [0.1, 0.15) is 25.3 Å². The predicted octanol–water partition coefficient (Wildman–Crippen LogP) is 3.40. The Bertz CT molecular complexity index is 846. The van der Waals surface area contributed by atoms with Gasteiger partial charge in [0.2, 0.25) is 11.8 Å². The van der Waals surface area contributed by atoms with E-state index < -0.39 is 0 Å². The van der Waals surface area contributed by atoms with Gasteiger partial charge in [-0.05, 0) is 42.7 Å². The second-order valence-corrected chi connectivity index (χ2v) is 6.55. The Morgan fingerprint density at radius 3 is 2.41 bits per heavy atom. The SMILES string of the molecule is COc1ccc(CC(=O)Nc2ccccc2N(C(C)=O)C2CC2)cc1OC. The molecular formula is C21H24N2O4. The lowest BCUT2D eigenvalue weighted by Gasteiger charge is -2.24. The van der Waals surface area contributed by atoms with Crippen LogP contribution in [0.4, 0.5) is 11.4 Å². The van der Waals surface area contributed by atoms with Gasteiger partial charge >= 0.3 is 0 Å². The van der Waals surface area contributed by atoms with Gasteiger partial charge in [0.05, 0.1) is 32.0 Å². The van der Waals surface area contributed by atoms with Crippen molar-refractivity contribution >= 4 is 23.2 Å². The first-order valence-electron chi connectivity index (χ1n) is 8.93. The van der Waals surface area contributed by atoms with Crippen LogP contribution in [0.15, 0.2) is 42.5 Å². The maximum Gasteiger partial charge on any atom is 0.228 e. The molecule has 1 saturated carbocycles. The van der Waals surface area contributed by atoms with Gasteiger partial charge in [0.15, 0.2) is 11.5 Å². The lowest BCUT2D eigenvalue weighted by molar-refractivity contribution is -0.117. The number of ether oxygens (including phenoxy) is 2. The molecule has 2 aromatic carbocycles. The summed E-state index contributed by atoms with van der Waals surface area (Å²) in [6.07, 6.45) is 2.18. The lowest BCUT2D eigenvalue weighted by Crippen LogP contribution is -2.31. The van der Waals surface area contributed by atoms with Gasteiger partial charge in [-0.1, -0.05) is 18.2 Å². The molecule has 2 amide bonds. The lowest BCUT2D eigenvalue weighted by atomic mass is 10.1. The van der Waals surface area contributed by atoms with Gasteiger partial charge in [-0.15, -0.1) is 0 Å². The highest BCUT2D eigenvalue weighted by Crippen LogP contribution is 2.36. The zero-order chi connectivity index (χ0) is 19.4. The largest absolute Gasteiger partial charge is 0.493 e. The fraction of sp³-hybridized carbons (Fsp3) is 0.333. The van der Waals surface area contributed by atoms with Gasteiger partial charge in [0.25, 0.3) is 0 Å². The molecule has 0 bridgehead atoms. The fourth-order valence-electron chi connectivity index (χ4n) is 3.12. The summed E-state index contributed by atoms with van der Waals surface area (Å²) in [5, 5.41) is 2.94. The second kappa shape index (κ2) is 8.12. The maximum absolute atomic E-state index is 12.6. The molecule has 1 fully saturated rings. The molecule has 142 valence electrons. The maximum atomic E-state index is 12.6. The van der Waals surface area contributed by atoms with Crippen LogP contribution < -0.4 is 19.7 Å². The molecule has 3 rings (SSSR count). The molecule has 1 aliphatic rings. The highest BCUT2D eigenvalue weighted by Gasteiger charge is 2.33. The quantitative estimate of drug-likeness (QED) is 0.813. The molecule has 0 atom stereocenters. The van der Waals surface area contributed by atoms with Crippen molar-refractivity contribution in [1.82, 2.24) is 0 Å². The Morgan fingerprint density at radius 2 is 1.78 bits per heavy atom. The Kier molecular flexibility index (Phi) is 5.64. The van der Waals surface area contributed by atoms with E-state index in [0.29, 0.717) is 17.2 Å². The van der Waals surface area contributed by atoms with Gasteiger partial charge in [0.1, 0.15) is 0 Å². The van der Waals surface area contributed by atoms with Crippen molar-refractivity contribution in [2.45, 2.75) is 32.2 Å². The van der Waals surface area contributed by atoms with E-state index in [1.165, 1.54) is 0 Å². The van der Waals surface area contributed by atoms with Crippen molar-refractivity contribution in [2.75, 3.05) is 24.4 Å². The van der Waals surface area contributed by atoms with Gasteiger partial charge in [-0.3, -0.25) is 9.59 Å². The van der Waals surface area contributed by atoms with Crippen molar-refractivity contribution in [2.24, 2.45) is 0 Å². The van der Waals surface area contributed by atoms with Crippen molar-refractivity contribution < 1.29 is 19.1 Å². The Hall–Kier alpha value is -3.02. The number of methoxy groups -OCH3 is 2. The summed E-state index contributed by atoms with van der Waals surface area (Å²) in [7, 11) is 3.13. The molecule has 0 aromatic heterocycles. The number of hydrogen-bond acceptors (Lipinski definition) is 4. The number of nitrogens with one attached hydrogen (secondary N) is 1. The van der Waals surface area contributed by atoms with Gasteiger partial charge in [0, 0.05) is 13.0 Å². The first-order valence-corrected chi connectivity index (χ1v) is 8.93. The molecule has 0 radical (unpaired) electrons. The first kappa shape index (κ1) is 18.8. The Balaban J connectivity index is 1.76. The van der Waals surface area contributed by atoms with Crippen LogP contribution in [0.25, 0.3) is 0 Å². The number of rotatable bonds is 7. The van der Waals surface area contributed by atoms with Crippen LogP contribution >= 0.6 is 0 Å². The Morgan fingerprint density at radius 1 is 1.07 bits per heavy atom. The number of carbonyl (C=O) groups excluding carboxylic acids is 2. The number of amides is 2. The van der Waals surface area contributed by atoms with Crippen molar-refractivity contribution in [3.63, 3.8) is 0 Å². The molecule has 0 saturated heterocycles. The minimum absolute atomic E-state index is 0.0147. The monoisotopic (exact) mass is 368 g/mol. The Labute approximate surface area is 159 Å². The van der Waals surface area contributed by atoms with Crippen molar-refractivity contribution in [1.29, 1.82) is 0 Å². The summed E-state index contributed by atoms with van der Waals surface area (Å²) in [6, 6.07) is 13.0. The highest BCUT2D eigenvalue weighted by atomic mass is 16.5. The van der Waals surface area contributed by atoms with Crippen LogP contribution in [0.5, 0.6) is 11.5 Å². The fourth-order valence-corrected chi connectivity index (χ4v) is 3.12. The average Bonchev–Trinajstić information content (AvgIpc) is 3.47. The molecule has 6 heteroatoms. The molecule has 0 heterocycles. The summed E-state index contributed by atoms with van der Waals surface area (Å²) < 4.78 is 10.5. The molecule has 1 aliphatic carbocycles. The minimum atomic E-state index is -0.158. The number of nitrogens with zero attached hydrogens (tertiary/aromatic N) is 1. The topological polar surface area (TPSA) is 67.9 Å². The zero-order valence-electron chi connectivity index (χ0n) is 15.8. The van der Waals surface area contributed by atoms with Crippen molar-refractivity contribution in [3.8, 4) is 11.5 Å². The van der Waals surface area contributed by atoms with Crippen LogP contribution in [-0.4, -0.2) is 32.1 Å². The third-order valence-electron chi connectivity index (χ3n) is 4.50. The number of anilines is 2. The number of hydrogen-bond donors (Lipinski definition) is 1. The zero-order valence-corrected chi connectivity index (χ0v) is 15.8. The molecule has 2 aromatic rings.